The molecule has 1 heterocycles. The highest BCUT2D eigenvalue weighted by Gasteiger charge is 2.16. The summed E-state index contributed by atoms with van der Waals surface area (Å²) >= 11 is 0. The van der Waals surface area contributed by atoms with Crippen molar-refractivity contribution >= 4 is 5.78 Å². The Labute approximate surface area is 170 Å². The van der Waals surface area contributed by atoms with Crippen LogP contribution in [-0.4, -0.2) is 37.2 Å². The van der Waals surface area contributed by atoms with Gasteiger partial charge in [0.15, 0.2) is 5.78 Å². The molecule has 29 heavy (non-hydrogen) atoms. The summed E-state index contributed by atoms with van der Waals surface area (Å²) < 4.78 is 25.9. The van der Waals surface area contributed by atoms with Gasteiger partial charge in [-0.15, -0.1) is 0 Å². The monoisotopic (exact) mass is 396 g/mol. The summed E-state index contributed by atoms with van der Waals surface area (Å²) in [6.07, 6.45) is 0. The third-order valence-electron chi connectivity index (χ3n) is 4.71. The normalized spacial score (nSPS) is 10.8. The van der Waals surface area contributed by atoms with Gasteiger partial charge >= 0.3 is 0 Å². The number of nitrogens with zero attached hydrogens (tertiary/aromatic N) is 1. The van der Waals surface area contributed by atoms with Crippen molar-refractivity contribution in [1.29, 1.82) is 0 Å². The molecule has 0 aliphatic carbocycles. The molecule has 1 aromatic heterocycles. The van der Waals surface area contributed by atoms with Crippen molar-refractivity contribution in [3.05, 3.63) is 77.4 Å². The fourth-order valence-electron chi connectivity index (χ4n) is 3.24. The molecule has 0 atom stereocenters. The van der Waals surface area contributed by atoms with Crippen molar-refractivity contribution in [3.8, 4) is 17.2 Å². The largest absolute Gasteiger partial charge is 0.497 e. The van der Waals surface area contributed by atoms with Crippen molar-refractivity contribution < 1.29 is 18.7 Å². The minimum Gasteiger partial charge on any atom is -0.497 e. The SMILES string of the molecule is COc1ccc(OCCNCC(=O)c2cc(C)n(-c3ccc(F)cc3)c2C)cc1. The number of hydrogen-bond acceptors (Lipinski definition) is 4. The van der Waals surface area contributed by atoms with Crippen LogP contribution in [0.15, 0.2) is 54.6 Å². The Kier molecular flexibility index (Phi) is 6.67. The second-order valence-electron chi connectivity index (χ2n) is 6.72. The number of Topliss-reactive ketones (excluding diaryl/α,β-unsaturated/α-hetero) is 1. The van der Waals surface area contributed by atoms with Gasteiger partial charge in [-0.2, -0.15) is 0 Å². The average Bonchev–Trinajstić information content (AvgIpc) is 3.03. The number of nitrogens with one attached hydrogen (secondary N) is 1. The third kappa shape index (κ3) is 5.03. The van der Waals surface area contributed by atoms with E-state index in [9.17, 15) is 9.18 Å². The van der Waals surface area contributed by atoms with E-state index in [0.717, 1.165) is 28.6 Å². The molecule has 3 rings (SSSR count). The lowest BCUT2D eigenvalue weighted by atomic mass is 10.1. The third-order valence-corrected chi connectivity index (χ3v) is 4.71. The van der Waals surface area contributed by atoms with Gasteiger partial charge in [0, 0.05) is 29.2 Å². The van der Waals surface area contributed by atoms with Gasteiger partial charge in [-0.25, -0.2) is 4.39 Å². The molecule has 6 heteroatoms. The molecule has 0 saturated heterocycles. The van der Waals surface area contributed by atoms with E-state index < -0.39 is 0 Å². The van der Waals surface area contributed by atoms with Gasteiger partial charge in [0.25, 0.3) is 0 Å². The van der Waals surface area contributed by atoms with Crippen LogP contribution in [0.4, 0.5) is 4.39 Å². The summed E-state index contributed by atoms with van der Waals surface area (Å²) in [7, 11) is 1.62. The molecule has 0 aliphatic heterocycles. The second-order valence-corrected chi connectivity index (χ2v) is 6.72. The number of rotatable bonds is 9. The number of carbonyl (C=O) groups is 1. The number of ether oxygens (including phenoxy) is 2. The van der Waals surface area contributed by atoms with Crippen molar-refractivity contribution in [1.82, 2.24) is 9.88 Å². The summed E-state index contributed by atoms with van der Waals surface area (Å²) in [5.41, 5.74) is 3.27. The van der Waals surface area contributed by atoms with E-state index in [0.29, 0.717) is 18.7 Å². The number of carbonyl (C=O) groups excluding carboxylic acids is 1. The number of halogens is 1. The maximum atomic E-state index is 13.2. The summed E-state index contributed by atoms with van der Waals surface area (Å²) in [5, 5.41) is 3.12. The van der Waals surface area contributed by atoms with E-state index in [1.165, 1.54) is 12.1 Å². The molecular formula is C23H25FN2O3. The van der Waals surface area contributed by atoms with Gasteiger partial charge < -0.3 is 19.4 Å². The highest BCUT2D eigenvalue weighted by atomic mass is 19.1. The Morgan fingerprint density at radius 2 is 1.69 bits per heavy atom. The molecule has 0 aliphatic rings. The van der Waals surface area contributed by atoms with E-state index in [-0.39, 0.29) is 18.1 Å². The molecule has 3 aromatic rings. The first-order valence-corrected chi connectivity index (χ1v) is 9.45. The first-order chi connectivity index (χ1) is 14.0. The standard InChI is InChI=1S/C23H25FN2O3/c1-16-14-22(17(2)26(16)19-6-4-18(24)5-7-19)23(27)15-25-12-13-29-21-10-8-20(28-3)9-11-21/h4-11,14,25H,12-13,15H2,1-3H3. The molecular weight excluding hydrogens is 371 g/mol. The first kappa shape index (κ1) is 20.6. The maximum absolute atomic E-state index is 13.2. The van der Waals surface area contributed by atoms with Crippen molar-refractivity contribution in [2.24, 2.45) is 0 Å². The Hall–Kier alpha value is -3.12. The lowest BCUT2D eigenvalue weighted by Crippen LogP contribution is -2.27. The van der Waals surface area contributed by atoms with Crippen LogP contribution in [0.25, 0.3) is 5.69 Å². The lowest BCUT2D eigenvalue weighted by Gasteiger charge is -2.10. The molecule has 0 amide bonds. The van der Waals surface area contributed by atoms with Crippen LogP contribution < -0.4 is 14.8 Å². The molecule has 5 nitrogen and oxygen atoms in total. The topological polar surface area (TPSA) is 52.5 Å². The van der Waals surface area contributed by atoms with Gasteiger partial charge in [-0.05, 0) is 68.4 Å². The number of benzene rings is 2. The Morgan fingerprint density at radius 3 is 2.34 bits per heavy atom. The zero-order valence-electron chi connectivity index (χ0n) is 16.9. The maximum Gasteiger partial charge on any atom is 0.178 e. The van der Waals surface area contributed by atoms with Crippen LogP contribution in [0.3, 0.4) is 0 Å². The predicted molar refractivity (Wildman–Crippen MR) is 111 cm³/mol. The lowest BCUT2D eigenvalue weighted by molar-refractivity contribution is 0.0989. The van der Waals surface area contributed by atoms with Gasteiger partial charge in [-0.3, -0.25) is 4.79 Å². The molecule has 2 aromatic carbocycles. The van der Waals surface area contributed by atoms with Crippen LogP contribution in [-0.2, 0) is 0 Å². The Morgan fingerprint density at radius 1 is 1.03 bits per heavy atom. The summed E-state index contributed by atoms with van der Waals surface area (Å²) in [5.74, 6) is 1.26. The minimum absolute atomic E-state index is 0.0101. The van der Waals surface area contributed by atoms with Crippen LogP contribution in [0.2, 0.25) is 0 Å². The molecule has 0 fully saturated rings. The quantitative estimate of drug-likeness (QED) is 0.437. The van der Waals surface area contributed by atoms with Crippen LogP contribution in [0.5, 0.6) is 11.5 Å². The van der Waals surface area contributed by atoms with Gasteiger partial charge in [0.05, 0.1) is 13.7 Å². The van der Waals surface area contributed by atoms with Gasteiger partial charge in [0.2, 0.25) is 0 Å². The van der Waals surface area contributed by atoms with Gasteiger partial charge in [-0.1, -0.05) is 0 Å². The Bertz CT molecular complexity index is 963. The first-order valence-electron chi connectivity index (χ1n) is 9.45. The molecule has 1 N–H and O–H groups in total. The predicted octanol–water partition coefficient (Wildman–Crippen LogP) is 4.09. The number of methoxy groups -OCH3 is 1. The Balaban J connectivity index is 1.53. The number of aryl methyl sites for hydroxylation is 1. The van der Waals surface area contributed by atoms with Crippen molar-refractivity contribution in [3.63, 3.8) is 0 Å². The minimum atomic E-state index is -0.284. The van der Waals surface area contributed by atoms with E-state index in [1.54, 1.807) is 19.2 Å². The fourth-order valence-corrected chi connectivity index (χ4v) is 3.24. The summed E-state index contributed by atoms with van der Waals surface area (Å²) in [6, 6.07) is 15.5. The summed E-state index contributed by atoms with van der Waals surface area (Å²) in [4.78, 5) is 12.6. The number of ketones is 1. The summed E-state index contributed by atoms with van der Waals surface area (Å²) in [6.45, 7) is 5.06. The van der Waals surface area contributed by atoms with Crippen LogP contribution >= 0.6 is 0 Å². The van der Waals surface area contributed by atoms with E-state index >= 15 is 0 Å². The van der Waals surface area contributed by atoms with Crippen molar-refractivity contribution in [2.45, 2.75) is 13.8 Å². The molecule has 0 saturated carbocycles. The second kappa shape index (κ2) is 9.39. The van der Waals surface area contributed by atoms with Crippen molar-refractivity contribution in [2.75, 3.05) is 26.8 Å². The molecule has 0 unspecified atom stereocenters. The smallest absolute Gasteiger partial charge is 0.178 e. The zero-order chi connectivity index (χ0) is 20.8. The van der Waals surface area contributed by atoms with Gasteiger partial charge in [0.1, 0.15) is 23.9 Å². The zero-order valence-corrected chi connectivity index (χ0v) is 16.9. The number of aromatic nitrogens is 1. The molecule has 0 bridgehead atoms. The van der Waals surface area contributed by atoms with E-state index in [4.69, 9.17) is 9.47 Å². The van der Waals surface area contributed by atoms with E-state index in [1.807, 2.05) is 48.7 Å². The highest BCUT2D eigenvalue weighted by Crippen LogP contribution is 2.21. The number of hydrogen-bond donors (Lipinski definition) is 1. The highest BCUT2D eigenvalue weighted by molar-refractivity contribution is 5.99. The molecule has 0 radical (unpaired) electrons. The molecule has 0 spiro atoms. The van der Waals surface area contributed by atoms with Crippen LogP contribution in [0.1, 0.15) is 21.7 Å². The average molecular weight is 396 g/mol. The fraction of sp³-hybridized carbons (Fsp3) is 0.261. The molecule has 152 valence electrons. The van der Waals surface area contributed by atoms with E-state index in [2.05, 4.69) is 5.32 Å². The van der Waals surface area contributed by atoms with Crippen LogP contribution in [0, 0.1) is 19.7 Å².